The number of hydrogen-bond acceptors (Lipinski definition) is 3. The van der Waals surface area contributed by atoms with Crippen molar-refractivity contribution in [1.29, 1.82) is 0 Å². The largest absolute Gasteiger partial charge is 0.481 e. The topological polar surface area (TPSA) is 86.6 Å². The van der Waals surface area contributed by atoms with Crippen molar-refractivity contribution < 1.29 is 19.8 Å². The molecule has 16 heavy (non-hydrogen) atoms. The molecule has 5 nitrogen and oxygen atoms in total. The van der Waals surface area contributed by atoms with Gasteiger partial charge in [0.05, 0.1) is 24.5 Å². The number of carboxylic acid groups (broad SMARTS) is 1. The normalized spacial score (nSPS) is 28.2. The molecule has 2 unspecified atom stereocenters. The minimum atomic E-state index is -0.929. The lowest BCUT2D eigenvalue weighted by Crippen LogP contribution is -2.38. The van der Waals surface area contributed by atoms with Gasteiger partial charge < -0.3 is 15.5 Å². The molecule has 1 rings (SSSR count). The van der Waals surface area contributed by atoms with E-state index in [1.54, 1.807) is 13.8 Å². The molecular weight excluding hydrogens is 210 g/mol. The van der Waals surface area contributed by atoms with Crippen LogP contribution in [-0.2, 0) is 9.59 Å². The zero-order valence-corrected chi connectivity index (χ0v) is 9.86. The van der Waals surface area contributed by atoms with Crippen molar-refractivity contribution in [2.24, 2.45) is 17.3 Å². The van der Waals surface area contributed by atoms with Gasteiger partial charge in [-0.25, -0.2) is 0 Å². The first kappa shape index (κ1) is 13.0. The third-order valence-corrected chi connectivity index (χ3v) is 3.44. The molecule has 0 radical (unpaired) electrons. The second-order valence-electron chi connectivity index (χ2n) is 4.91. The highest BCUT2D eigenvalue weighted by atomic mass is 16.4. The molecule has 1 aliphatic rings. The molecule has 0 aliphatic heterocycles. The van der Waals surface area contributed by atoms with E-state index in [0.717, 1.165) is 0 Å². The predicted octanol–water partition coefficient (Wildman–Crippen LogP) is 0.230. The average molecular weight is 229 g/mol. The summed E-state index contributed by atoms with van der Waals surface area (Å²) < 4.78 is 0. The number of aliphatic hydroxyl groups is 1. The number of carbonyl (C=O) groups excluding carboxylic acids is 1. The minimum Gasteiger partial charge on any atom is -0.481 e. The molecule has 3 atom stereocenters. The van der Waals surface area contributed by atoms with Crippen LogP contribution in [0.5, 0.6) is 0 Å². The summed E-state index contributed by atoms with van der Waals surface area (Å²) in [5.41, 5.74) is -0.482. The second-order valence-corrected chi connectivity index (χ2v) is 4.91. The van der Waals surface area contributed by atoms with Crippen LogP contribution in [0, 0.1) is 17.3 Å². The zero-order valence-electron chi connectivity index (χ0n) is 9.86. The molecule has 5 heteroatoms. The Morgan fingerprint density at radius 1 is 1.38 bits per heavy atom. The van der Waals surface area contributed by atoms with Gasteiger partial charge in [0.1, 0.15) is 0 Å². The molecule has 1 amide bonds. The maximum atomic E-state index is 11.8. The van der Waals surface area contributed by atoms with Gasteiger partial charge in [-0.15, -0.1) is 0 Å². The van der Waals surface area contributed by atoms with E-state index in [2.05, 4.69) is 5.32 Å². The van der Waals surface area contributed by atoms with Gasteiger partial charge >= 0.3 is 5.97 Å². The molecule has 1 fully saturated rings. The van der Waals surface area contributed by atoms with Gasteiger partial charge in [0, 0.05) is 0 Å². The smallest absolute Gasteiger partial charge is 0.307 e. The van der Waals surface area contributed by atoms with Crippen molar-refractivity contribution in [2.75, 3.05) is 6.61 Å². The number of aliphatic hydroxyl groups excluding tert-OH is 1. The minimum absolute atomic E-state index is 0.118. The summed E-state index contributed by atoms with van der Waals surface area (Å²) in [6.07, 6.45) is 0.632. The van der Waals surface area contributed by atoms with Gasteiger partial charge in [0.2, 0.25) is 5.91 Å². The van der Waals surface area contributed by atoms with Gasteiger partial charge in [-0.2, -0.15) is 0 Å². The zero-order chi connectivity index (χ0) is 12.5. The number of hydrogen-bond donors (Lipinski definition) is 3. The molecule has 0 spiro atoms. The van der Waals surface area contributed by atoms with Crippen LogP contribution in [0.15, 0.2) is 0 Å². The van der Waals surface area contributed by atoms with Gasteiger partial charge in [0.15, 0.2) is 0 Å². The Balaban J connectivity index is 2.60. The summed E-state index contributed by atoms with van der Waals surface area (Å²) >= 11 is 0. The maximum absolute atomic E-state index is 11.8. The molecule has 0 saturated heterocycles. The van der Waals surface area contributed by atoms with E-state index in [4.69, 9.17) is 10.2 Å². The van der Waals surface area contributed by atoms with Crippen LogP contribution >= 0.6 is 0 Å². The summed E-state index contributed by atoms with van der Waals surface area (Å²) in [7, 11) is 0. The highest BCUT2D eigenvalue weighted by Gasteiger charge is 2.65. The summed E-state index contributed by atoms with van der Waals surface area (Å²) in [5.74, 6) is -2.28. The quantitative estimate of drug-likeness (QED) is 0.630. The maximum Gasteiger partial charge on any atom is 0.307 e. The predicted molar refractivity (Wildman–Crippen MR) is 57.7 cm³/mol. The molecule has 0 aromatic rings. The SMILES string of the molecule is CC[C@H](CO)NC(=O)C1C(C(=O)O)C1(C)C. The number of aliphatic carboxylic acids is 1. The average Bonchev–Trinajstić information content (AvgIpc) is 2.78. The van der Waals surface area contributed by atoms with Crippen molar-refractivity contribution in [3.63, 3.8) is 0 Å². The monoisotopic (exact) mass is 229 g/mol. The van der Waals surface area contributed by atoms with E-state index in [1.807, 2.05) is 6.92 Å². The molecule has 1 saturated carbocycles. The van der Waals surface area contributed by atoms with Gasteiger partial charge in [-0.1, -0.05) is 20.8 Å². The van der Waals surface area contributed by atoms with E-state index in [1.165, 1.54) is 0 Å². The van der Waals surface area contributed by atoms with Crippen molar-refractivity contribution >= 4 is 11.9 Å². The van der Waals surface area contributed by atoms with Crippen LogP contribution in [0.25, 0.3) is 0 Å². The van der Waals surface area contributed by atoms with Crippen LogP contribution in [0.2, 0.25) is 0 Å². The summed E-state index contributed by atoms with van der Waals surface area (Å²) in [5, 5.41) is 20.5. The Bertz CT molecular complexity index is 296. The number of carbonyl (C=O) groups is 2. The fourth-order valence-corrected chi connectivity index (χ4v) is 2.16. The Morgan fingerprint density at radius 3 is 2.25 bits per heavy atom. The van der Waals surface area contributed by atoms with Gasteiger partial charge in [-0.05, 0) is 11.8 Å². The Labute approximate surface area is 94.8 Å². The van der Waals surface area contributed by atoms with E-state index < -0.39 is 23.2 Å². The summed E-state index contributed by atoms with van der Waals surface area (Å²) in [6.45, 7) is 5.28. The highest BCUT2D eigenvalue weighted by Crippen LogP contribution is 2.58. The lowest BCUT2D eigenvalue weighted by molar-refractivity contribution is -0.140. The van der Waals surface area contributed by atoms with Crippen LogP contribution in [-0.4, -0.2) is 34.7 Å². The summed E-state index contributed by atoms with van der Waals surface area (Å²) in [6, 6.07) is -0.279. The van der Waals surface area contributed by atoms with Crippen LogP contribution in [0.1, 0.15) is 27.2 Å². The van der Waals surface area contributed by atoms with E-state index in [0.29, 0.717) is 6.42 Å². The highest BCUT2D eigenvalue weighted by molar-refractivity contribution is 5.91. The lowest BCUT2D eigenvalue weighted by atomic mass is 10.1. The Hall–Kier alpha value is -1.10. The first-order valence-corrected chi connectivity index (χ1v) is 5.50. The van der Waals surface area contributed by atoms with Crippen molar-refractivity contribution in [2.45, 2.75) is 33.2 Å². The van der Waals surface area contributed by atoms with E-state index in [-0.39, 0.29) is 18.6 Å². The van der Waals surface area contributed by atoms with Gasteiger partial charge in [0.25, 0.3) is 0 Å². The number of rotatable bonds is 5. The van der Waals surface area contributed by atoms with Crippen LogP contribution in [0.3, 0.4) is 0 Å². The number of amides is 1. The molecular formula is C11H19NO4. The van der Waals surface area contributed by atoms with Crippen LogP contribution in [0.4, 0.5) is 0 Å². The second kappa shape index (κ2) is 4.41. The molecule has 0 bridgehead atoms. The molecule has 1 aliphatic carbocycles. The molecule has 0 aromatic carbocycles. The van der Waals surface area contributed by atoms with Crippen molar-refractivity contribution in [1.82, 2.24) is 5.32 Å². The Kier molecular flexibility index (Phi) is 3.57. The molecule has 92 valence electrons. The fourth-order valence-electron chi connectivity index (χ4n) is 2.16. The molecule has 3 N–H and O–H groups in total. The van der Waals surface area contributed by atoms with Crippen LogP contribution < -0.4 is 5.32 Å². The molecule has 0 aromatic heterocycles. The third-order valence-electron chi connectivity index (χ3n) is 3.44. The number of carboxylic acids is 1. The van der Waals surface area contributed by atoms with Crippen molar-refractivity contribution in [3.8, 4) is 0 Å². The molecule has 0 heterocycles. The lowest BCUT2D eigenvalue weighted by Gasteiger charge is -2.14. The Morgan fingerprint density at radius 2 is 1.94 bits per heavy atom. The standard InChI is InChI=1S/C11H19NO4/c1-4-6(5-13)12-9(14)7-8(10(15)16)11(7,2)3/h6-8,13H,4-5H2,1-3H3,(H,12,14)(H,15,16)/t6-,7?,8?/m1/s1. The van der Waals surface area contributed by atoms with Crippen molar-refractivity contribution in [3.05, 3.63) is 0 Å². The van der Waals surface area contributed by atoms with Gasteiger partial charge in [-0.3, -0.25) is 9.59 Å². The first-order chi connectivity index (χ1) is 7.36. The first-order valence-electron chi connectivity index (χ1n) is 5.50. The van der Waals surface area contributed by atoms with E-state index in [9.17, 15) is 9.59 Å². The third kappa shape index (κ3) is 2.19. The number of nitrogens with one attached hydrogen (secondary N) is 1. The van der Waals surface area contributed by atoms with E-state index >= 15 is 0 Å². The fraction of sp³-hybridized carbons (Fsp3) is 0.818. The summed E-state index contributed by atoms with van der Waals surface area (Å²) in [4.78, 5) is 22.7.